The number of benzene rings is 2. The number of pyridine rings is 1. The second-order valence-corrected chi connectivity index (χ2v) is 5.61. The molecule has 0 fully saturated rings. The van der Waals surface area contributed by atoms with Crippen LogP contribution in [0.5, 0.6) is 0 Å². The normalized spacial score (nSPS) is 12.1. The molecule has 2 N–H and O–H groups in total. The molecule has 0 aliphatic heterocycles. The van der Waals surface area contributed by atoms with Crippen LogP contribution in [0.2, 0.25) is 0 Å². The number of rotatable bonds is 3. The smallest absolute Gasteiger partial charge is 0.261 e. The van der Waals surface area contributed by atoms with Crippen molar-refractivity contribution in [3.05, 3.63) is 81.6 Å². The van der Waals surface area contributed by atoms with Crippen LogP contribution < -0.4 is 10.9 Å². The van der Waals surface area contributed by atoms with Crippen molar-refractivity contribution in [2.45, 2.75) is 19.9 Å². The number of H-pyrrole nitrogens is 1. The highest BCUT2D eigenvalue weighted by Crippen LogP contribution is 2.18. The van der Waals surface area contributed by atoms with Crippen molar-refractivity contribution in [2.24, 2.45) is 0 Å². The summed E-state index contributed by atoms with van der Waals surface area (Å²) in [6.07, 6.45) is 0. The van der Waals surface area contributed by atoms with E-state index in [9.17, 15) is 9.59 Å². The topological polar surface area (TPSA) is 62.0 Å². The summed E-state index contributed by atoms with van der Waals surface area (Å²) in [5.74, 6) is -0.356. The molecule has 0 saturated carbocycles. The molecule has 2 aromatic carbocycles. The van der Waals surface area contributed by atoms with E-state index in [0.29, 0.717) is 5.56 Å². The van der Waals surface area contributed by atoms with Crippen molar-refractivity contribution < 1.29 is 4.79 Å². The Labute approximate surface area is 134 Å². The first-order chi connectivity index (χ1) is 11.1. The number of hydrogen-bond donors (Lipinski definition) is 2. The molecule has 0 spiro atoms. The highest BCUT2D eigenvalue weighted by Gasteiger charge is 2.18. The van der Waals surface area contributed by atoms with E-state index in [1.165, 1.54) is 0 Å². The highest BCUT2D eigenvalue weighted by atomic mass is 16.2. The molecule has 0 saturated heterocycles. The molecule has 1 heterocycles. The van der Waals surface area contributed by atoms with E-state index in [1.54, 1.807) is 6.92 Å². The zero-order chi connectivity index (χ0) is 16.4. The Balaban J connectivity index is 1.97. The lowest BCUT2D eigenvalue weighted by Gasteiger charge is -2.15. The molecule has 0 unspecified atom stereocenters. The maximum absolute atomic E-state index is 12.6. The molecular formula is C19H18N2O2. The van der Waals surface area contributed by atoms with Gasteiger partial charge < -0.3 is 10.3 Å². The first kappa shape index (κ1) is 15.0. The monoisotopic (exact) mass is 306 g/mol. The van der Waals surface area contributed by atoms with Gasteiger partial charge in [-0.2, -0.15) is 0 Å². The number of amides is 1. The second-order valence-electron chi connectivity index (χ2n) is 5.61. The molecule has 0 aliphatic carbocycles. The summed E-state index contributed by atoms with van der Waals surface area (Å²) in [6.45, 7) is 3.71. The Morgan fingerprint density at radius 2 is 1.70 bits per heavy atom. The Morgan fingerprint density at radius 3 is 2.43 bits per heavy atom. The highest BCUT2D eigenvalue weighted by molar-refractivity contribution is 6.00. The van der Waals surface area contributed by atoms with E-state index in [2.05, 4.69) is 10.3 Å². The number of nitrogens with one attached hydrogen (secondary N) is 2. The lowest BCUT2D eigenvalue weighted by atomic mass is 10.0. The molecule has 23 heavy (non-hydrogen) atoms. The third-order valence-corrected chi connectivity index (χ3v) is 4.06. The quantitative estimate of drug-likeness (QED) is 0.779. The lowest BCUT2D eigenvalue weighted by Crippen LogP contribution is -2.32. The summed E-state index contributed by atoms with van der Waals surface area (Å²) in [6, 6.07) is 17.0. The predicted octanol–water partition coefficient (Wildman–Crippen LogP) is 3.33. The van der Waals surface area contributed by atoms with Gasteiger partial charge in [-0.15, -0.1) is 0 Å². The van der Waals surface area contributed by atoms with E-state index in [4.69, 9.17) is 0 Å². The minimum atomic E-state index is -0.362. The molecule has 4 nitrogen and oxygen atoms in total. The summed E-state index contributed by atoms with van der Waals surface area (Å²) >= 11 is 0. The molecule has 3 aromatic rings. The average Bonchev–Trinajstić information content (AvgIpc) is 2.55. The number of hydrogen-bond acceptors (Lipinski definition) is 2. The fraction of sp³-hybridized carbons (Fsp3) is 0.158. The van der Waals surface area contributed by atoms with Gasteiger partial charge >= 0.3 is 0 Å². The third-order valence-electron chi connectivity index (χ3n) is 4.06. The fourth-order valence-electron chi connectivity index (χ4n) is 2.78. The van der Waals surface area contributed by atoms with Crippen molar-refractivity contribution in [3.63, 3.8) is 0 Å². The van der Waals surface area contributed by atoms with Gasteiger partial charge in [0.25, 0.3) is 11.5 Å². The lowest BCUT2D eigenvalue weighted by molar-refractivity contribution is 0.0938. The summed E-state index contributed by atoms with van der Waals surface area (Å²) in [5, 5.41) is 3.78. The summed E-state index contributed by atoms with van der Waals surface area (Å²) < 4.78 is 0. The maximum atomic E-state index is 12.6. The minimum absolute atomic E-state index is 0.172. The molecule has 1 aromatic heterocycles. The van der Waals surface area contributed by atoms with Gasteiger partial charge in [0.05, 0.1) is 6.04 Å². The van der Waals surface area contributed by atoms with Crippen LogP contribution in [0.3, 0.4) is 0 Å². The maximum Gasteiger partial charge on any atom is 0.261 e. The largest absolute Gasteiger partial charge is 0.345 e. The summed E-state index contributed by atoms with van der Waals surface area (Å²) in [7, 11) is 0. The number of carbonyl (C=O) groups is 1. The first-order valence-corrected chi connectivity index (χ1v) is 7.55. The van der Waals surface area contributed by atoms with Gasteiger partial charge in [0.2, 0.25) is 0 Å². The van der Waals surface area contributed by atoms with Crippen LogP contribution in [0.15, 0.2) is 59.4 Å². The Hall–Kier alpha value is -2.88. The van der Waals surface area contributed by atoms with Crippen LogP contribution in [0.4, 0.5) is 0 Å². The van der Waals surface area contributed by atoms with E-state index >= 15 is 0 Å². The zero-order valence-corrected chi connectivity index (χ0v) is 13.1. The van der Waals surface area contributed by atoms with E-state index < -0.39 is 0 Å². The minimum Gasteiger partial charge on any atom is -0.345 e. The molecule has 4 heteroatoms. The Bertz CT molecular complexity index is 914. The number of fused-ring (bicyclic) bond motifs is 1. The van der Waals surface area contributed by atoms with Crippen LogP contribution in [0.1, 0.15) is 34.5 Å². The third kappa shape index (κ3) is 2.88. The van der Waals surface area contributed by atoms with E-state index in [0.717, 1.165) is 16.5 Å². The van der Waals surface area contributed by atoms with Crippen LogP contribution in [0.25, 0.3) is 10.9 Å². The summed E-state index contributed by atoms with van der Waals surface area (Å²) in [4.78, 5) is 27.7. The van der Waals surface area contributed by atoms with E-state index in [1.807, 2.05) is 61.5 Å². The van der Waals surface area contributed by atoms with Gasteiger partial charge in [-0.1, -0.05) is 48.5 Å². The molecule has 1 amide bonds. The zero-order valence-electron chi connectivity index (χ0n) is 13.1. The number of aryl methyl sites for hydroxylation is 1. The van der Waals surface area contributed by atoms with Crippen LogP contribution in [-0.4, -0.2) is 10.9 Å². The molecule has 0 radical (unpaired) electrons. The van der Waals surface area contributed by atoms with Crippen LogP contribution in [-0.2, 0) is 0 Å². The van der Waals surface area contributed by atoms with Crippen molar-refractivity contribution >= 4 is 16.8 Å². The standard InChI is InChI=1S/C19H18N2O2/c1-12-15-10-6-7-11-16(15)21-19(23)17(12)18(22)20-13(2)14-8-4-3-5-9-14/h3-11,13H,1-2H3,(H,20,22)(H,21,23)/t13-/m0/s1. The van der Waals surface area contributed by atoms with Crippen molar-refractivity contribution in [2.75, 3.05) is 0 Å². The molecular weight excluding hydrogens is 288 g/mol. The first-order valence-electron chi connectivity index (χ1n) is 7.55. The SMILES string of the molecule is Cc1c(C(=O)N[C@@H](C)c2ccccc2)c(=O)[nH]c2ccccc12. The molecule has 3 rings (SSSR count). The number of aromatic amines is 1. The molecule has 0 aliphatic rings. The Kier molecular flexibility index (Phi) is 3.98. The second kappa shape index (κ2) is 6.08. The Morgan fingerprint density at radius 1 is 1.04 bits per heavy atom. The molecule has 116 valence electrons. The van der Waals surface area contributed by atoms with Gasteiger partial charge in [-0.05, 0) is 31.0 Å². The number of aromatic nitrogens is 1. The van der Waals surface area contributed by atoms with Gasteiger partial charge in [-0.3, -0.25) is 9.59 Å². The van der Waals surface area contributed by atoms with Crippen LogP contribution >= 0.6 is 0 Å². The van der Waals surface area contributed by atoms with Gasteiger partial charge in [0.15, 0.2) is 0 Å². The predicted molar refractivity (Wildman–Crippen MR) is 91.6 cm³/mol. The van der Waals surface area contributed by atoms with Crippen molar-refractivity contribution in [1.29, 1.82) is 0 Å². The van der Waals surface area contributed by atoms with Crippen molar-refractivity contribution in [1.82, 2.24) is 10.3 Å². The molecule has 1 atom stereocenters. The fourth-order valence-corrected chi connectivity index (χ4v) is 2.78. The average molecular weight is 306 g/mol. The van der Waals surface area contributed by atoms with Gasteiger partial charge in [0.1, 0.15) is 5.56 Å². The number of para-hydroxylation sites is 1. The van der Waals surface area contributed by atoms with Crippen LogP contribution in [0, 0.1) is 6.92 Å². The van der Waals surface area contributed by atoms with E-state index in [-0.39, 0.29) is 23.1 Å². The summed E-state index contributed by atoms with van der Waals surface area (Å²) in [5.41, 5.74) is 2.24. The van der Waals surface area contributed by atoms with Gasteiger partial charge in [0, 0.05) is 10.9 Å². The van der Waals surface area contributed by atoms with Crippen molar-refractivity contribution in [3.8, 4) is 0 Å². The molecule has 0 bridgehead atoms. The van der Waals surface area contributed by atoms with Gasteiger partial charge in [-0.25, -0.2) is 0 Å². The number of carbonyl (C=O) groups excluding carboxylic acids is 1.